The zero-order valence-electron chi connectivity index (χ0n) is 9.62. The highest BCUT2D eigenvalue weighted by molar-refractivity contribution is 7.23. The number of esters is 1. The number of primary amides is 1. The van der Waals surface area contributed by atoms with Crippen molar-refractivity contribution in [3.05, 3.63) is 21.7 Å². The Bertz CT molecular complexity index is 712. The number of ether oxygens (including phenoxy) is 1. The smallest absolute Gasteiger partial charge is 0.308 e. The van der Waals surface area contributed by atoms with Crippen LogP contribution in [0, 0.1) is 0 Å². The van der Waals surface area contributed by atoms with Crippen LogP contribution in [0.5, 0.6) is 5.75 Å². The van der Waals surface area contributed by atoms with Crippen LogP contribution in [-0.4, -0.2) is 11.9 Å². The van der Waals surface area contributed by atoms with Crippen molar-refractivity contribution in [1.82, 2.24) is 0 Å². The molecule has 1 amide bonds. The van der Waals surface area contributed by atoms with Gasteiger partial charge in [-0.25, -0.2) is 0 Å². The van der Waals surface area contributed by atoms with Crippen LogP contribution in [0.4, 0.5) is 5.00 Å². The number of benzene rings is 1. The predicted octanol–water partition coefficient (Wildman–Crippen LogP) is 2.81. The fourth-order valence-corrected chi connectivity index (χ4v) is 3.29. The molecule has 100 valence electrons. The lowest BCUT2D eigenvalue weighted by Gasteiger charge is -2.07. The van der Waals surface area contributed by atoms with E-state index in [4.69, 9.17) is 39.4 Å². The minimum Gasteiger partial charge on any atom is -0.423 e. The quantitative estimate of drug-likeness (QED) is 0.657. The average Bonchev–Trinajstić information content (AvgIpc) is 2.60. The number of anilines is 1. The molecule has 0 aliphatic carbocycles. The maximum Gasteiger partial charge on any atom is 0.308 e. The molecule has 4 N–H and O–H groups in total. The molecule has 0 bridgehead atoms. The average molecular weight is 319 g/mol. The Hall–Kier alpha value is -1.50. The van der Waals surface area contributed by atoms with Crippen LogP contribution < -0.4 is 16.2 Å². The molecule has 0 spiro atoms. The maximum atomic E-state index is 11.4. The SMILES string of the molecule is CC(=O)Oc1c(Cl)cc2c(C(N)=O)c(N)sc2c1Cl. The van der Waals surface area contributed by atoms with E-state index in [0.29, 0.717) is 10.1 Å². The van der Waals surface area contributed by atoms with Crippen molar-refractivity contribution in [2.45, 2.75) is 6.92 Å². The van der Waals surface area contributed by atoms with Crippen LogP contribution in [0.2, 0.25) is 10.0 Å². The Kier molecular flexibility index (Phi) is 3.58. The van der Waals surface area contributed by atoms with E-state index in [1.165, 1.54) is 13.0 Å². The molecule has 5 nitrogen and oxygen atoms in total. The number of nitrogens with two attached hydrogens (primary N) is 2. The summed E-state index contributed by atoms with van der Waals surface area (Å²) in [5.74, 6) is -1.18. The topological polar surface area (TPSA) is 95.4 Å². The van der Waals surface area contributed by atoms with Crippen molar-refractivity contribution in [3.8, 4) is 5.75 Å². The number of carbonyl (C=O) groups is 2. The third-order valence-electron chi connectivity index (χ3n) is 2.35. The minimum atomic E-state index is -0.670. The second-order valence-corrected chi connectivity index (χ2v) is 5.51. The molecule has 0 atom stereocenters. The van der Waals surface area contributed by atoms with Gasteiger partial charge in [-0.15, -0.1) is 11.3 Å². The van der Waals surface area contributed by atoms with Crippen molar-refractivity contribution < 1.29 is 14.3 Å². The lowest BCUT2D eigenvalue weighted by molar-refractivity contribution is -0.131. The third kappa shape index (κ3) is 2.34. The van der Waals surface area contributed by atoms with Gasteiger partial charge >= 0.3 is 5.97 Å². The maximum absolute atomic E-state index is 11.4. The largest absolute Gasteiger partial charge is 0.423 e. The number of hydrogen-bond donors (Lipinski definition) is 2. The summed E-state index contributed by atoms with van der Waals surface area (Å²) in [6.07, 6.45) is 0. The van der Waals surface area contributed by atoms with Crippen LogP contribution in [-0.2, 0) is 4.79 Å². The number of fused-ring (bicyclic) bond motifs is 1. The summed E-state index contributed by atoms with van der Waals surface area (Å²) in [6.45, 7) is 1.23. The molecule has 0 saturated heterocycles. The fourth-order valence-electron chi connectivity index (χ4n) is 1.65. The Morgan fingerprint density at radius 2 is 2.00 bits per heavy atom. The second-order valence-electron chi connectivity index (χ2n) is 3.68. The lowest BCUT2D eigenvalue weighted by Crippen LogP contribution is -2.12. The lowest BCUT2D eigenvalue weighted by atomic mass is 10.1. The molecule has 0 unspecified atom stereocenters. The third-order valence-corrected chi connectivity index (χ3v) is 4.16. The Morgan fingerprint density at radius 3 is 2.53 bits per heavy atom. The molecule has 1 aromatic carbocycles. The monoisotopic (exact) mass is 318 g/mol. The highest BCUT2D eigenvalue weighted by atomic mass is 35.5. The van der Waals surface area contributed by atoms with Crippen molar-refractivity contribution in [2.75, 3.05) is 5.73 Å². The highest BCUT2D eigenvalue weighted by Gasteiger charge is 2.22. The first-order valence-corrected chi connectivity index (χ1v) is 6.58. The first-order chi connectivity index (χ1) is 8.82. The molecule has 2 aromatic rings. The summed E-state index contributed by atoms with van der Waals surface area (Å²) < 4.78 is 5.43. The predicted molar refractivity (Wildman–Crippen MR) is 76.1 cm³/mol. The van der Waals surface area contributed by atoms with Crippen molar-refractivity contribution in [1.29, 1.82) is 0 Å². The van der Waals surface area contributed by atoms with E-state index in [1.54, 1.807) is 0 Å². The minimum absolute atomic E-state index is 0.0422. The molecule has 0 aliphatic rings. The Balaban J connectivity index is 2.80. The molecule has 2 rings (SSSR count). The van der Waals surface area contributed by atoms with E-state index in [1.807, 2.05) is 0 Å². The van der Waals surface area contributed by atoms with E-state index in [-0.39, 0.29) is 26.4 Å². The summed E-state index contributed by atoms with van der Waals surface area (Å²) in [5, 5.41) is 0.913. The van der Waals surface area contributed by atoms with Gasteiger partial charge < -0.3 is 16.2 Å². The van der Waals surface area contributed by atoms with Gasteiger partial charge in [-0.3, -0.25) is 9.59 Å². The van der Waals surface area contributed by atoms with Crippen LogP contribution >= 0.6 is 34.5 Å². The molecule has 1 aromatic heterocycles. The van der Waals surface area contributed by atoms with Gasteiger partial charge in [0.25, 0.3) is 5.91 Å². The number of halogens is 2. The zero-order valence-corrected chi connectivity index (χ0v) is 11.9. The second kappa shape index (κ2) is 4.88. The van der Waals surface area contributed by atoms with Crippen LogP contribution in [0.3, 0.4) is 0 Å². The van der Waals surface area contributed by atoms with Crippen LogP contribution in [0.25, 0.3) is 10.1 Å². The molecule has 0 radical (unpaired) electrons. The van der Waals surface area contributed by atoms with Crippen LogP contribution in [0.15, 0.2) is 6.07 Å². The molecule has 0 saturated carbocycles. The van der Waals surface area contributed by atoms with Gasteiger partial charge in [-0.2, -0.15) is 0 Å². The number of amides is 1. The van der Waals surface area contributed by atoms with E-state index < -0.39 is 11.9 Å². The summed E-state index contributed by atoms with van der Waals surface area (Å²) in [6, 6.07) is 1.45. The summed E-state index contributed by atoms with van der Waals surface area (Å²) >= 11 is 13.2. The van der Waals surface area contributed by atoms with Gasteiger partial charge in [0, 0.05) is 12.3 Å². The van der Waals surface area contributed by atoms with E-state index >= 15 is 0 Å². The molecule has 1 heterocycles. The number of nitrogen functional groups attached to an aromatic ring is 1. The van der Waals surface area contributed by atoms with Crippen molar-refractivity contribution >= 4 is 61.5 Å². The van der Waals surface area contributed by atoms with Crippen molar-refractivity contribution in [3.63, 3.8) is 0 Å². The number of hydrogen-bond acceptors (Lipinski definition) is 5. The molecule has 19 heavy (non-hydrogen) atoms. The van der Waals surface area contributed by atoms with Gasteiger partial charge in [0.15, 0.2) is 5.75 Å². The molecular formula is C11H8Cl2N2O3S. The number of carbonyl (C=O) groups excluding carboxylic acids is 2. The van der Waals surface area contributed by atoms with Crippen molar-refractivity contribution in [2.24, 2.45) is 5.73 Å². The number of rotatable bonds is 2. The van der Waals surface area contributed by atoms with Gasteiger partial charge in [0.05, 0.1) is 20.3 Å². The molecule has 0 aliphatic heterocycles. The fraction of sp³-hybridized carbons (Fsp3) is 0.0909. The zero-order chi connectivity index (χ0) is 14.3. The Morgan fingerprint density at radius 1 is 1.37 bits per heavy atom. The normalized spacial score (nSPS) is 10.7. The summed E-state index contributed by atoms with van der Waals surface area (Å²) in [7, 11) is 0. The van der Waals surface area contributed by atoms with E-state index in [2.05, 4.69) is 0 Å². The molecule has 8 heteroatoms. The molecular weight excluding hydrogens is 311 g/mol. The summed E-state index contributed by atoms with van der Waals surface area (Å²) in [5.41, 5.74) is 11.2. The van der Waals surface area contributed by atoms with E-state index in [0.717, 1.165) is 11.3 Å². The Labute approximate surface area is 122 Å². The van der Waals surface area contributed by atoms with Crippen LogP contribution in [0.1, 0.15) is 17.3 Å². The first kappa shape index (κ1) is 13.9. The van der Waals surface area contributed by atoms with Gasteiger partial charge in [-0.05, 0) is 6.07 Å². The van der Waals surface area contributed by atoms with Gasteiger partial charge in [0.2, 0.25) is 0 Å². The standard InChI is InChI=1S/C11H8Cl2N2O3S/c1-3(16)18-8-5(12)2-4-6(10(14)17)11(15)19-9(4)7(8)13/h2H,15H2,1H3,(H2,14,17). The summed E-state index contributed by atoms with van der Waals surface area (Å²) in [4.78, 5) is 22.4. The van der Waals surface area contributed by atoms with Gasteiger partial charge in [0.1, 0.15) is 5.02 Å². The van der Waals surface area contributed by atoms with E-state index in [9.17, 15) is 9.59 Å². The first-order valence-electron chi connectivity index (χ1n) is 5.01. The highest BCUT2D eigenvalue weighted by Crippen LogP contribution is 2.45. The molecule has 0 fully saturated rings. The number of thiophene rings is 1. The van der Waals surface area contributed by atoms with Gasteiger partial charge in [-0.1, -0.05) is 23.2 Å².